The molecule has 0 aliphatic carbocycles. The van der Waals surface area contributed by atoms with Gasteiger partial charge in [0, 0.05) is 16.3 Å². The van der Waals surface area contributed by atoms with Crippen molar-refractivity contribution < 1.29 is 0 Å². The fourth-order valence-corrected chi connectivity index (χ4v) is 3.62. The van der Waals surface area contributed by atoms with Crippen LogP contribution in [-0.2, 0) is 0 Å². The number of fused-ring (bicyclic) bond motifs is 3. The van der Waals surface area contributed by atoms with E-state index in [0.717, 1.165) is 38.8 Å². The number of benzene rings is 3. The van der Waals surface area contributed by atoms with Gasteiger partial charge in [0.2, 0.25) is 0 Å². The molecule has 0 fully saturated rings. The molecule has 0 aliphatic rings. The van der Waals surface area contributed by atoms with E-state index in [0.29, 0.717) is 5.39 Å². The number of hydrogen-bond acceptors (Lipinski definition) is 1. The summed E-state index contributed by atoms with van der Waals surface area (Å²) in [5.41, 5.74) is 4.87. The fourth-order valence-electron chi connectivity index (χ4n) is 3.62. The van der Waals surface area contributed by atoms with E-state index in [9.17, 15) is 4.79 Å². The number of pyridine rings is 1. The van der Waals surface area contributed by atoms with Gasteiger partial charge in [-0.25, -0.2) is 0 Å². The van der Waals surface area contributed by atoms with Crippen molar-refractivity contribution in [2.75, 3.05) is 0 Å². The first-order valence-electron chi connectivity index (χ1n) is 8.60. The smallest absolute Gasteiger partial charge is 0.256 e. The molecule has 0 unspecified atom stereocenters. The highest BCUT2D eigenvalue weighted by molar-refractivity contribution is 6.16. The van der Waals surface area contributed by atoms with Crippen LogP contribution in [0.5, 0.6) is 0 Å². The van der Waals surface area contributed by atoms with Crippen LogP contribution in [0.25, 0.3) is 44.2 Å². The van der Waals surface area contributed by atoms with Gasteiger partial charge in [-0.2, -0.15) is 0 Å². The van der Waals surface area contributed by atoms with E-state index < -0.39 is 0 Å². The molecule has 3 aromatic carbocycles. The maximum atomic E-state index is 12.7. The first-order valence-corrected chi connectivity index (χ1v) is 8.60. The Labute approximate surface area is 149 Å². The van der Waals surface area contributed by atoms with Gasteiger partial charge in [0.05, 0.1) is 16.9 Å². The van der Waals surface area contributed by atoms with Crippen LogP contribution in [0.4, 0.5) is 0 Å². The summed E-state index contributed by atoms with van der Waals surface area (Å²) in [6, 6.07) is 28.1. The standard InChI is InChI=1S/C23H16N2O/c26-23-18-14-8-7-13-17(18)19-20(15-9-3-1-4-10-15)24-21(22(19)25-23)16-11-5-2-6-12-16/h1-14,24H,(H,25,26). The fraction of sp³-hybridized carbons (Fsp3) is 0. The van der Waals surface area contributed by atoms with Crippen molar-refractivity contribution in [3.63, 3.8) is 0 Å². The number of hydrogen-bond donors (Lipinski definition) is 2. The Kier molecular flexibility index (Phi) is 3.25. The largest absolute Gasteiger partial charge is 0.352 e. The zero-order valence-electron chi connectivity index (χ0n) is 14.0. The predicted molar refractivity (Wildman–Crippen MR) is 107 cm³/mol. The molecule has 0 atom stereocenters. The predicted octanol–water partition coefficient (Wildman–Crippen LogP) is 5.34. The van der Waals surface area contributed by atoms with Crippen molar-refractivity contribution in [2.24, 2.45) is 0 Å². The summed E-state index contributed by atoms with van der Waals surface area (Å²) in [4.78, 5) is 19.3. The molecule has 3 nitrogen and oxygen atoms in total. The molecule has 26 heavy (non-hydrogen) atoms. The average molecular weight is 336 g/mol. The lowest BCUT2D eigenvalue weighted by atomic mass is 10.0. The Hall–Kier alpha value is -3.59. The normalized spacial score (nSPS) is 11.2. The Morgan fingerprint density at radius 3 is 1.73 bits per heavy atom. The van der Waals surface area contributed by atoms with Crippen molar-refractivity contribution >= 4 is 21.7 Å². The second-order valence-corrected chi connectivity index (χ2v) is 6.36. The third-order valence-electron chi connectivity index (χ3n) is 4.80. The molecule has 5 aromatic rings. The van der Waals surface area contributed by atoms with Gasteiger partial charge in [-0.05, 0) is 17.0 Å². The first-order chi connectivity index (χ1) is 12.8. The van der Waals surface area contributed by atoms with E-state index in [1.807, 2.05) is 72.8 Å². The van der Waals surface area contributed by atoms with Crippen LogP contribution >= 0.6 is 0 Å². The van der Waals surface area contributed by atoms with E-state index >= 15 is 0 Å². The van der Waals surface area contributed by atoms with Gasteiger partial charge < -0.3 is 9.97 Å². The van der Waals surface area contributed by atoms with Crippen molar-refractivity contribution in [3.8, 4) is 22.5 Å². The SMILES string of the molecule is O=c1[nH]c2c(-c3ccccc3)[nH]c(-c3ccccc3)c2c2ccccc12. The Morgan fingerprint density at radius 1 is 0.538 bits per heavy atom. The average Bonchev–Trinajstić information content (AvgIpc) is 3.09. The highest BCUT2D eigenvalue weighted by Crippen LogP contribution is 2.37. The van der Waals surface area contributed by atoms with Gasteiger partial charge in [-0.1, -0.05) is 78.9 Å². The molecule has 2 heterocycles. The topological polar surface area (TPSA) is 48.6 Å². The summed E-state index contributed by atoms with van der Waals surface area (Å²) in [7, 11) is 0. The molecule has 0 saturated carbocycles. The number of rotatable bonds is 2. The lowest BCUT2D eigenvalue weighted by Gasteiger charge is -2.03. The van der Waals surface area contributed by atoms with E-state index in [-0.39, 0.29) is 5.56 Å². The molecular formula is C23H16N2O. The highest BCUT2D eigenvalue weighted by Gasteiger charge is 2.17. The Balaban J connectivity index is 1.98. The summed E-state index contributed by atoms with van der Waals surface area (Å²) in [6.07, 6.45) is 0. The van der Waals surface area contributed by atoms with E-state index in [1.165, 1.54) is 0 Å². The van der Waals surface area contributed by atoms with Gasteiger partial charge in [0.15, 0.2) is 0 Å². The van der Waals surface area contributed by atoms with Crippen molar-refractivity contribution in [1.82, 2.24) is 9.97 Å². The van der Waals surface area contributed by atoms with E-state index in [4.69, 9.17) is 0 Å². The van der Waals surface area contributed by atoms with Gasteiger partial charge in [0.25, 0.3) is 5.56 Å². The van der Waals surface area contributed by atoms with Crippen LogP contribution in [0.2, 0.25) is 0 Å². The van der Waals surface area contributed by atoms with Crippen LogP contribution in [0.15, 0.2) is 89.7 Å². The number of aromatic nitrogens is 2. The van der Waals surface area contributed by atoms with E-state index in [1.54, 1.807) is 0 Å². The quantitative estimate of drug-likeness (QED) is 0.449. The lowest BCUT2D eigenvalue weighted by molar-refractivity contribution is 1.33. The monoisotopic (exact) mass is 336 g/mol. The molecule has 0 saturated heterocycles. The molecule has 0 aliphatic heterocycles. The Bertz CT molecular complexity index is 1280. The van der Waals surface area contributed by atoms with Crippen LogP contribution in [-0.4, -0.2) is 9.97 Å². The van der Waals surface area contributed by atoms with Gasteiger partial charge in [0.1, 0.15) is 0 Å². The zero-order chi connectivity index (χ0) is 17.5. The third kappa shape index (κ3) is 2.18. The highest BCUT2D eigenvalue weighted by atomic mass is 16.1. The molecule has 0 spiro atoms. The molecule has 124 valence electrons. The molecular weight excluding hydrogens is 320 g/mol. The second-order valence-electron chi connectivity index (χ2n) is 6.36. The minimum Gasteiger partial charge on any atom is -0.352 e. The maximum Gasteiger partial charge on any atom is 0.256 e. The molecule has 0 bridgehead atoms. The molecule has 0 radical (unpaired) electrons. The third-order valence-corrected chi connectivity index (χ3v) is 4.80. The van der Waals surface area contributed by atoms with Crippen molar-refractivity contribution in [2.45, 2.75) is 0 Å². The summed E-state index contributed by atoms with van der Waals surface area (Å²) in [5, 5.41) is 2.71. The van der Waals surface area contributed by atoms with Gasteiger partial charge >= 0.3 is 0 Å². The Morgan fingerprint density at radius 2 is 1.08 bits per heavy atom. The number of nitrogens with one attached hydrogen (secondary N) is 2. The summed E-state index contributed by atoms with van der Waals surface area (Å²) < 4.78 is 0. The molecule has 0 amide bonds. The second kappa shape index (κ2) is 5.74. The minimum atomic E-state index is -0.0658. The molecule has 2 N–H and O–H groups in total. The van der Waals surface area contributed by atoms with Crippen LogP contribution in [0, 0.1) is 0 Å². The van der Waals surface area contributed by atoms with Crippen LogP contribution < -0.4 is 5.56 Å². The van der Waals surface area contributed by atoms with Gasteiger partial charge in [-0.3, -0.25) is 4.79 Å². The summed E-state index contributed by atoms with van der Waals surface area (Å²) >= 11 is 0. The van der Waals surface area contributed by atoms with E-state index in [2.05, 4.69) is 22.1 Å². The minimum absolute atomic E-state index is 0.0658. The van der Waals surface area contributed by atoms with Gasteiger partial charge in [-0.15, -0.1) is 0 Å². The summed E-state index contributed by atoms with van der Waals surface area (Å²) in [5.74, 6) is 0. The van der Waals surface area contributed by atoms with Crippen LogP contribution in [0.3, 0.4) is 0 Å². The number of H-pyrrole nitrogens is 2. The van der Waals surface area contributed by atoms with Crippen molar-refractivity contribution in [3.05, 3.63) is 95.3 Å². The first kappa shape index (κ1) is 14.7. The molecule has 2 aromatic heterocycles. The molecule has 3 heteroatoms. The summed E-state index contributed by atoms with van der Waals surface area (Å²) in [6.45, 7) is 0. The van der Waals surface area contributed by atoms with Crippen molar-refractivity contribution in [1.29, 1.82) is 0 Å². The lowest BCUT2D eigenvalue weighted by Crippen LogP contribution is -2.05. The van der Waals surface area contributed by atoms with Crippen LogP contribution in [0.1, 0.15) is 0 Å². The maximum absolute atomic E-state index is 12.7. The molecule has 5 rings (SSSR count). The number of aromatic amines is 2. The zero-order valence-corrected chi connectivity index (χ0v) is 14.0.